The van der Waals surface area contributed by atoms with Crippen molar-refractivity contribution in [3.8, 4) is 0 Å². The minimum Gasteiger partial charge on any atom is -0.342 e. The van der Waals surface area contributed by atoms with Gasteiger partial charge in [0, 0.05) is 25.7 Å². The fourth-order valence-electron chi connectivity index (χ4n) is 2.09. The third kappa shape index (κ3) is 3.30. The van der Waals surface area contributed by atoms with Crippen LogP contribution in [0.25, 0.3) is 0 Å². The van der Waals surface area contributed by atoms with Crippen LogP contribution in [0.1, 0.15) is 31.9 Å². The first kappa shape index (κ1) is 12.1. The molecule has 2 N–H and O–H groups in total. The van der Waals surface area contributed by atoms with Crippen molar-refractivity contribution in [1.29, 1.82) is 0 Å². The van der Waals surface area contributed by atoms with Crippen LogP contribution in [-0.4, -0.2) is 29.6 Å². The fraction of sp³-hybridized carbons (Fsp3) is 0.667. The highest BCUT2D eigenvalue weighted by atomic mass is 16.1. The first-order chi connectivity index (χ1) is 8.29. The molecule has 5 heteroatoms. The molecule has 5 nitrogen and oxygen atoms in total. The molecule has 1 aromatic heterocycles. The van der Waals surface area contributed by atoms with Gasteiger partial charge in [-0.3, -0.25) is 9.78 Å². The number of nitrogens with one attached hydrogen (secondary N) is 2. The zero-order chi connectivity index (χ0) is 12.1. The number of aromatic nitrogens is 2. The van der Waals surface area contributed by atoms with E-state index in [1.165, 1.54) is 19.3 Å². The third-order valence-electron chi connectivity index (χ3n) is 2.99. The van der Waals surface area contributed by atoms with Gasteiger partial charge in [0.2, 0.25) is 5.95 Å². The molecule has 2 heterocycles. The fourth-order valence-corrected chi connectivity index (χ4v) is 2.09. The first-order valence-electron chi connectivity index (χ1n) is 6.35. The van der Waals surface area contributed by atoms with E-state index < -0.39 is 0 Å². The summed E-state index contributed by atoms with van der Waals surface area (Å²) in [5, 5.41) is 3.19. The summed E-state index contributed by atoms with van der Waals surface area (Å²) in [7, 11) is 0. The smallest absolute Gasteiger partial charge is 0.252 e. The summed E-state index contributed by atoms with van der Waals surface area (Å²) >= 11 is 0. The second-order valence-electron chi connectivity index (χ2n) is 4.39. The Balaban J connectivity index is 2.15. The number of nitrogens with zero attached hydrogens (tertiary/aromatic N) is 2. The van der Waals surface area contributed by atoms with Crippen molar-refractivity contribution in [1.82, 2.24) is 15.3 Å². The highest BCUT2D eigenvalue weighted by Crippen LogP contribution is 2.14. The van der Waals surface area contributed by atoms with E-state index in [1.807, 2.05) is 6.92 Å². The van der Waals surface area contributed by atoms with Crippen LogP contribution in [0.2, 0.25) is 0 Å². The van der Waals surface area contributed by atoms with Crippen LogP contribution in [0.3, 0.4) is 0 Å². The van der Waals surface area contributed by atoms with Gasteiger partial charge in [0.25, 0.3) is 5.56 Å². The number of anilines is 1. The maximum Gasteiger partial charge on any atom is 0.252 e. The third-order valence-corrected chi connectivity index (χ3v) is 2.99. The number of aromatic amines is 1. The van der Waals surface area contributed by atoms with Crippen molar-refractivity contribution in [2.24, 2.45) is 0 Å². The monoisotopic (exact) mass is 236 g/mol. The van der Waals surface area contributed by atoms with Crippen molar-refractivity contribution in [2.45, 2.75) is 32.7 Å². The van der Waals surface area contributed by atoms with E-state index in [0.717, 1.165) is 31.3 Å². The largest absolute Gasteiger partial charge is 0.342 e. The van der Waals surface area contributed by atoms with Gasteiger partial charge in [-0.15, -0.1) is 0 Å². The van der Waals surface area contributed by atoms with Crippen LogP contribution < -0.4 is 15.8 Å². The average Bonchev–Trinajstić information content (AvgIpc) is 2.37. The maximum atomic E-state index is 11.6. The molecular formula is C12H20N4O. The van der Waals surface area contributed by atoms with Crippen molar-refractivity contribution in [2.75, 3.05) is 24.5 Å². The highest BCUT2D eigenvalue weighted by Gasteiger charge is 2.13. The topological polar surface area (TPSA) is 61.0 Å². The lowest BCUT2D eigenvalue weighted by Crippen LogP contribution is -2.33. The second kappa shape index (κ2) is 5.82. The molecule has 2 rings (SSSR count). The lowest BCUT2D eigenvalue weighted by molar-refractivity contribution is 0.565. The average molecular weight is 236 g/mol. The standard InChI is InChI=1S/C12H20N4O/c1-2-13-9-10-8-11(17)15-12(14-10)16-6-4-3-5-7-16/h8,13H,2-7,9H2,1H3,(H,14,15,17). The molecule has 1 fully saturated rings. The summed E-state index contributed by atoms with van der Waals surface area (Å²) in [5.41, 5.74) is 0.754. The van der Waals surface area contributed by atoms with Crippen LogP contribution >= 0.6 is 0 Å². The van der Waals surface area contributed by atoms with E-state index in [4.69, 9.17) is 0 Å². The summed E-state index contributed by atoms with van der Waals surface area (Å²) in [5.74, 6) is 0.727. The van der Waals surface area contributed by atoms with Gasteiger partial charge in [-0.2, -0.15) is 0 Å². The first-order valence-corrected chi connectivity index (χ1v) is 6.35. The molecule has 0 bridgehead atoms. The lowest BCUT2D eigenvalue weighted by atomic mass is 10.1. The van der Waals surface area contributed by atoms with E-state index in [9.17, 15) is 4.79 Å². The van der Waals surface area contributed by atoms with Gasteiger partial charge in [-0.25, -0.2) is 4.98 Å². The Morgan fingerprint density at radius 1 is 1.41 bits per heavy atom. The Labute approximate surface area is 101 Å². The minimum atomic E-state index is -0.0616. The van der Waals surface area contributed by atoms with Crippen LogP contribution in [0.15, 0.2) is 10.9 Å². The molecule has 1 aliphatic rings. The second-order valence-corrected chi connectivity index (χ2v) is 4.39. The molecule has 1 aromatic rings. The molecule has 0 radical (unpaired) electrons. The summed E-state index contributed by atoms with van der Waals surface area (Å²) in [6.45, 7) is 5.56. The van der Waals surface area contributed by atoms with Crippen molar-refractivity contribution < 1.29 is 0 Å². The number of rotatable bonds is 4. The van der Waals surface area contributed by atoms with Gasteiger partial charge in [0.05, 0.1) is 5.69 Å². The predicted molar refractivity (Wildman–Crippen MR) is 68.3 cm³/mol. The van der Waals surface area contributed by atoms with E-state index in [2.05, 4.69) is 20.2 Å². The molecule has 0 unspecified atom stereocenters. The molecule has 1 aliphatic heterocycles. The van der Waals surface area contributed by atoms with Crippen LogP contribution in [0.4, 0.5) is 5.95 Å². The number of hydrogen-bond acceptors (Lipinski definition) is 4. The summed E-state index contributed by atoms with van der Waals surface area (Å²) in [4.78, 5) is 21.1. The summed E-state index contributed by atoms with van der Waals surface area (Å²) in [6, 6.07) is 1.57. The zero-order valence-corrected chi connectivity index (χ0v) is 10.3. The summed E-state index contributed by atoms with van der Waals surface area (Å²) < 4.78 is 0. The van der Waals surface area contributed by atoms with E-state index in [-0.39, 0.29) is 5.56 Å². The van der Waals surface area contributed by atoms with Gasteiger partial charge in [-0.1, -0.05) is 6.92 Å². The quantitative estimate of drug-likeness (QED) is 0.814. The molecule has 0 saturated carbocycles. The number of piperidine rings is 1. The Hall–Kier alpha value is -1.36. The van der Waals surface area contributed by atoms with Crippen LogP contribution in [0, 0.1) is 0 Å². The molecule has 0 aliphatic carbocycles. The Kier molecular flexibility index (Phi) is 4.14. The van der Waals surface area contributed by atoms with Crippen molar-refractivity contribution >= 4 is 5.95 Å². The predicted octanol–water partition coefficient (Wildman–Crippen LogP) is 0.870. The number of hydrogen-bond donors (Lipinski definition) is 2. The van der Waals surface area contributed by atoms with Crippen LogP contribution in [0.5, 0.6) is 0 Å². The SMILES string of the molecule is CCNCc1cc(=O)[nH]c(N2CCCCC2)n1. The maximum absolute atomic E-state index is 11.6. The Morgan fingerprint density at radius 3 is 2.88 bits per heavy atom. The Bertz CT molecular complexity index is 409. The number of H-pyrrole nitrogens is 1. The molecule has 0 spiro atoms. The molecule has 17 heavy (non-hydrogen) atoms. The van der Waals surface area contributed by atoms with Crippen LogP contribution in [-0.2, 0) is 6.54 Å². The lowest BCUT2D eigenvalue weighted by Gasteiger charge is -2.27. The van der Waals surface area contributed by atoms with Gasteiger partial charge in [-0.05, 0) is 25.8 Å². The molecular weight excluding hydrogens is 216 g/mol. The normalized spacial score (nSPS) is 16.2. The minimum absolute atomic E-state index is 0.0616. The molecule has 1 saturated heterocycles. The molecule has 0 aromatic carbocycles. The van der Waals surface area contributed by atoms with Gasteiger partial charge in [0.15, 0.2) is 0 Å². The Morgan fingerprint density at radius 2 is 2.18 bits per heavy atom. The van der Waals surface area contributed by atoms with E-state index in [0.29, 0.717) is 6.54 Å². The molecule has 94 valence electrons. The van der Waals surface area contributed by atoms with E-state index >= 15 is 0 Å². The summed E-state index contributed by atoms with van der Waals surface area (Å²) in [6.07, 6.45) is 3.64. The highest BCUT2D eigenvalue weighted by molar-refractivity contribution is 5.30. The molecule has 0 amide bonds. The zero-order valence-electron chi connectivity index (χ0n) is 10.3. The van der Waals surface area contributed by atoms with Gasteiger partial charge in [0.1, 0.15) is 0 Å². The van der Waals surface area contributed by atoms with E-state index in [1.54, 1.807) is 6.07 Å². The van der Waals surface area contributed by atoms with Gasteiger partial charge < -0.3 is 10.2 Å². The molecule has 0 atom stereocenters. The van der Waals surface area contributed by atoms with Crippen molar-refractivity contribution in [3.05, 3.63) is 22.1 Å². The van der Waals surface area contributed by atoms with Gasteiger partial charge >= 0.3 is 0 Å². The van der Waals surface area contributed by atoms with Crippen molar-refractivity contribution in [3.63, 3.8) is 0 Å².